The van der Waals surface area contributed by atoms with Crippen LogP contribution in [0.1, 0.15) is 51.5 Å². The maximum atomic E-state index is 12.2. The van der Waals surface area contributed by atoms with Crippen LogP contribution in [0.2, 0.25) is 0 Å². The predicted octanol–water partition coefficient (Wildman–Crippen LogP) is 4.62. The Balaban J connectivity index is 2.56. The van der Waals surface area contributed by atoms with Gasteiger partial charge in [0, 0.05) is 6.61 Å². The summed E-state index contributed by atoms with van der Waals surface area (Å²) in [6, 6.07) is 9.79. The van der Waals surface area contributed by atoms with Gasteiger partial charge in [-0.1, -0.05) is 63.4 Å². The highest BCUT2D eigenvalue weighted by Crippen LogP contribution is 2.10. The van der Waals surface area contributed by atoms with Crippen molar-refractivity contribution in [3.63, 3.8) is 0 Å². The van der Waals surface area contributed by atoms with E-state index in [2.05, 4.69) is 6.92 Å². The number of rotatable bonds is 11. The van der Waals surface area contributed by atoms with E-state index >= 15 is 0 Å². The summed E-state index contributed by atoms with van der Waals surface area (Å²) in [6.45, 7) is 5.65. The minimum Gasteiger partial charge on any atom is -0.462 e. The van der Waals surface area contributed by atoms with Crippen LogP contribution in [-0.4, -0.2) is 25.8 Å². The molecule has 0 unspecified atom stereocenters. The van der Waals surface area contributed by atoms with Crippen LogP contribution < -0.4 is 0 Å². The molecule has 3 heteroatoms. The van der Waals surface area contributed by atoms with Gasteiger partial charge < -0.3 is 9.47 Å². The molecule has 3 nitrogen and oxygen atoms in total. The number of benzene rings is 1. The monoisotopic (exact) mass is 304 g/mol. The molecule has 0 amide bonds. The summed E-state index contributed by atoms with van der Waals surface area (Å²) in [6.07, 6.45) is 7.18. The lowest BCUT2D eigenvalue weighted by molar-refractivity contribution is -0.139. The Labute approximate surface area is 134 Å². The van der Waals surface area contributed by atoms with Crippen LogP contribution >= 0.6 is 0 Å². The molecule has 0 aliphatic heterocycles. The number of carbonyl (C=O) groups is 1. The molecular weight excluding hydrogens is 276 g/mol. The Kier molecular flexibility index (Phi) is 10.0. The zero-order valence-corrected chi connectivity index (χ0v) is 13.8. The zero-order valence-electron chi connectivity index (χ0n) is 13.8. The van der Waals surface area contributed by atoms with Crippen molar-refractivity contribution in [2.75, 3.05) is 19.8 Å². The van der Waals surface area contributed by atoms with Gasteiger partial charge in [0.25, 0.3) is 0 Å². The average molecular weight is 304 g/mol. The third-order valence-electron chi connectivity index (χ3n) is 3.24. The van der Waals surface area contributed by atoms with E-state index in [0.29, 0.717) is 25.4 Å². The first-order valence-corrected chi connectivity index (χ1v) is 8.28. The Morgan fingerprint density at radius 2 is 1.77 bits per heavy atom. The van der Waals surface area contributed by atoms with Crippen LogP contribution in [0.4, 0.5) is 0 Å². The fourth-order valence-corrected chi connectivity index (χ4v) is 2.02. The molecule has 1 aromatic rings. The number of esters is 1. The summed E-state index contributed by atoms with van der Waals surface area (Å²) < 4.78 is 10.9. The van der Waals surface area contributed by atoms with Gasteiger partial charge in [-0.25, -0.2) is 4.79 Å². The molecule has 1 rings (SSSR count). The van der Waals surface area contributed by atoms with Crippen molar-refractivity contribution in [2.24, 2.45) is 0 Å². The first-order chi connectivity index (χ1) is 10.8. The minimum atomic E-state index is -0.267. The summed E-state index contributed by atoms with van der Waals surface area (Å²) >= 11 is 0. The van der Waals surface area contributed by atoms with Gasteiger partial charge in [-0.2, -0.15) is 0 Å². The zero-order chi connectivity index (χ0) is 16.0. The number of carbonyl (C=O) groups excluding carboxylic acids is 1. The summed E-state index contributed by atoms with van der Waals surface area (Å²) in [4.78, 5) is 12.2. The van der Waals surface area contributed by atoms with Gasteiger partial charge in [0.05, 0.1) is 18.8 Å². The van der Waals surface area contributed by atoms with E-state index < -0.39 is 0 Å². The third kappa shape index (κ3) is 7.99. The van der Waals surface area contributed by atoms with E-state index in [1.54, 1.807) is 0 Å². The van der Waals surface area contributed by atoms with Crippen molar-refractivity contribution >= 4 is 12.0 Å². The van der Waals surface area contributed by atoms with Gasteiger partial charge in [0.2, 0.25) is 0 Å². The van der Waals surface area contributed by atoms with E-state index in [-0.39, 0.29) is 5.97 Å². The normalized spacial score (nSPS) is 11.5. The van der Waals surface area contributed by atoms with Crippen molar-refractivity contribution in [1.29, 1.82) is 0 Å². The molecule has 0 saturated carbocycles. The lowest BCUT2D eigenvalue weighted by Gasteiger charge is -2.09. The van der Waals surface area contributed by atoms with Gasteiger partial charge in [-0.05, 0) is 24.5 Å². The van der Waals surface area contributed by atoms with Crippen LogP contribution in [0, 0.1) is 0 Å². The highest BCUT2D eigenvalue weighted by atomic mass is 16.5. The minimum absolute atomic E-state index is 0.267. The molecule has 0 aliphatic carbocycles. The van der Waals surface area contributed by atoms with E-state index in [1.165, 1.54) is 12.8 Å². The maximum absolute atomic E-state index is 12.2. The first kappa shape index (κ1) is 18.4. The molecule has 0 spiro atoms. The third-order valence-corrected chi connectivity index (χ3v) is 3.24. The number of hydrogen-bond donors (Lipinski definition) is 0. The second-order valence-electron chi connectivity index (χ2n) is 5.33. The lowest BCUT2D eigenvalue weighted by Crippen LogP contribution is -2.14. The molecule has 0 saturated heterocycles. The highest BCUT2D eigenvalue weighted by Gasteiger charge is 2.11. The van der Waals surface area contributed by atoms with Crippen molar-refractivity contribution in [1.82, 2.24) is 0 Å². The molecule has 0 N–H and O–H groups in total. The molecule has 0 aliphatic rings. The molecule has 22 heavy (non-hydrogen) atoms. The van der Waals surface area contributed by atoms with Crippen LogP contribution in [0.15, 0.2) is 35.9 Å². The smallest absolute Gasteiger partial charge is 0.336 e. The maximum Gasteiger partial charge on any atom is 0.336 e. The van der Waals surface area contributed by atoms with Gasteiger partial charge >= 0.3 is 5.97 Å². The summed E-state index contributed by atoms with van der Waals surface area (Å²) in [5, 5.41) is 0. The second kappa shape index (κ2) is 12.0. The number of unbranched alkanes of at least 4 members (excludes halogenated alkanes) is 3. The van der Waals surface area contributed by atoms with Gasteiger partial charge in [-0.3, -0.25) is 0 Å². The Bertz CT molecular complexity index is 437. The Morgan fingerprint density at radius 3 is 2.45 bits per heavy atom. The fourth-order valence-electron chi connectivity index (χ4n) is 2.02. The Morgan fingerprint density at radius 1 is 1.00 bits per heavy atom. The fraction of sp³-hybridized carbons (Fsp3) is 0.526. The first-order valence-electron chi connectivity index (χ1n) is 8.28. The standard InChI is InChI=1S/C19H28O3/c1-3-5-6-10-14-22-19(20)18(16-21-13-4-2)15-17-11-8-7-9-12-17/h7-9,11-12,15H,3-6,10,13-14,16H2,1-2H3. The molecule has 0 fully saturated rings. The van der Waals surface area contributed by atoms with E-state index in [4.69, 9.17) is 9.47 Å². The second-order valence-corrected chi connectivity index (χ2v) is 5.33. The summed E-state index contributed by atoms with van der Waals surface area (Å²) in [5.41, 5.74) is 1.57. The predicted molar refractivity (Wildman–Crippen MR) is 90.6 cm³/mol. The summed E-state index contributed by atoms with van der Waals surface area (Å²) in [7, 11) is 0. The van der Waals surface area contributed by atoms with Gasteiger partial charge in [0.1, 0.15) is 0 Å². The number of hydrogen-bond acceptors (Lipinski definition) is 3. The van der Waals surface area contributed by atoms with E-state index in [9.17, 15) is 4.79 Å². The Hall–Kier alpha value is -1.61. The molecule has 0 heterocycles. The van der Waals surface area contributed by atoms with E-state index in [1.807, 2.05) is 43.3 Å². The molecule has 1 aromatic carbocycles. The molecule has 0 atom stereocenters. The molecular formula is C19H28O3. The molecule has 0 aromatic heterocycles. The van der Waals surface area contributed by atoms with Crippen LogP contribution in [-0.2, 0) is 14.3 Å². The topological polar surface area (TPSA) is 35.5 Å². The largest absolute Gasteiger partial charge is 0.462 e. The molecule has 0 radical (unpaired) electrons. The molecule has 122 valence electrons. The van der Waals surface area contributed by atoms with Crippen molar-refractivity contribution in [2.45, 2.75) is 46.0 Å². The van der Waals surface area contributed by atoms with E-state index in [0.717, 1.165) is 24.8 Å². The quantitative estimate of drug-likeness (QED) is 0.340. The average Bonchev–Trinajstić information content (AvgIpc) is 2.54. The van der Waals surface area contributed by atoms with Crippen molar-refractivity contribution in [3.8, 4) is 0 Å². The van der Waals surface area contributed by atoms with Crippen LogP contribution in [0.5, 0.6) is 0 Å². The van der Waals surface area contributed by atoms with Crippen LogP contribution in [0.3, 0.4) is 0 Å². The van der Waals surface area contributed by atoms with Crippen molar-refractivity contribution < 1.29 is 14.3 Å². The lowest BCUT2D eigenvalue weighted by atomic mass is 10.1. The van der Waals surface area contributed by atoms with Crippen LogP contribution in [0.25, 0.3) is 6.08 Å². The van der Waals surface area contributed by atoms with Crippen molar-refractivity contribution in [3.05, 3.63) is 41.5 Å². The highest BCUT2D eigenvalue weighted by molar-refractivity contribution is 5.94. The SMILES string of the molecule is CCCCCCOC(=O)C(=Cc1ccccc1)COCCC. The molecule has 0 bridgehead atoms. The number of ether oxygens (including phenoxy) is 2. The van der Waals surface area contributed by atoms with Gasteiger partial charge in [0.15, 0.2) is 0 Å². The van der Waals surface area contributed by atoms with Gasteiger partial charge in [-0.15, -0.1) is 0 Å². The summed E-state index contributed by atoms with van der Waals surface area (Å²) in [5.74, 6) is -0.267.